The van der Waals surface area contributed by atoms with E-state index in [2.05, 4.69) is 10.3 Å². The second-order valence-corrected chi connectivity index (χ2v) is 2.93. The van der Waals surface area contributed by atoms with E-state index in [0.717, 1.165) is 18.4 Å². The van der Waals surface area contributed by atoms with Crippen LogP contribution in [0.2, 0.25) is 0 Å². The summed E-state index contributed by atoms with van der Waals surface area (Å²) in [5.74, 6) is 0. The Morgan fingerprint density at radius 1 is 1.58 bits per heavy atom. The first kappa shape index (κ1) is 8.90. The average Bonchev–Trinajstić information content (AvgIpc) is 2.46. The number of aldehydes is 1. The van der Waals surface area contributed by atoms with E-state index in [9.17, 15) is 4.79 Å². The largest absolute Gasteiger partial charge is 0.296 e. The monoisotopic (exact) mass is 167 g/mol. The molecule has 1 rings (SSSR count). The van der Waals surface area contributed by atoms with Crippen LogP contribution >= 0.6 is 0 Å². The number of aryl methyl sites for hydroxylation is 1. The first-order valence-electron chi connectivity index (χ1n) is 4.10. The molecule has 1 aromatic heterocycles. The fourth-order valence-electron chi connectivity index (χ4n) is 1.09. The highest BCUT2D eigenvalue weighted by atomic mass is 16.1. The van der Waals surface area contributed by atoms with Crippen molar-refractivity contribution in [3.05, 3.63) is 11.4 Å². The van der Waals surface area contributed by atoms with Crippen LogP contribution in [-0.2, 0) is 6.42 Å². The first-order valence-corrected chi connectivity index (χ1v) is 4.10. The summed E-state index contributed by atoms with van der Waals surface area (Å²) in [5.41, 5.74) is 1.38. The molecule has 0 aliphatic heterocycles. The molecule has 66 valence electrons. The van der Waals surface area contributed by atoms with E-state index >= 15 is 0 Å². The normalized spacial score (nSPS) is 10.7. The number of hydrogen-bond acceptors (Lipinski definition) is 3. The van der Waals surface area contributed by atoms with Crippen molar-refractivity contribution in [2.75, 3.05) is 0 Å². The first-order chi connectivity index (χ1) is 5.70. The maximum Gasteiger partial charge on any atom is 0.170 e. The number of hydrogen-bond donors (Lipinski definition) is 0. The Kier molecular flexibility index (Phi) is 2.58. The minimum atomic E-state index is 0.193. The Morgan fingerprint density at radius 3 is 2.67 bits per heavy atom. The topological polar surface area (TPSA) is 47.8 Å². The van der Waals surface area contributed by atoms with Gasteiger partial charge >= 0.3 is 0 Å². The van der Waals surface area contributed by atoms with E-state index in [4.69, 9.17) is 0 Å². The minimum absolute atomic E-state index is 0.193. The van der Waals surface area contributed by atoms with Gasteiger partial charge in [0.15, 0.2) is 6.29 Å². The molecule has 0 saturated heterocycles. The molecule has 0 atom stereocenters. The maximum absolute atomic E-state index is 10.7. The lowest BCUT2D eigenvalue weighted by Gasteiger charge is -2.04. The molecule has 0 aliphatic carbocycles. The summed E-state index contributed by atoms with van der Waals surface area (Å²) >= 11 is 0. The van der Waals surface area contributed by atoms with Crippen LogP contribution in [0.15, 0.2) is 0 Å². The Labute approximate surface area is 71.6 Å². The van der Waals surface area contributed by atoms with E-state index < -0.39 is 0 Å². The molecule has 4 nitrogen and oxygen atoms in total. The van der Waals surface area contributed by atoms with Gasteiger partial charge in [0.25, 0.3) is 0 Å². The lowest BCUT2D eigenvalue weighted by atomic mass is 10.2. The third kappa shape index (κ3) is 1.37. The molecule has 0 amide bonds. The van der Waals surface area contributed by atoms with Crippen LogP contribution in [0, 0.1) is 0 Å². The zero-order chi connectivity index (χ0) is 9.14. The smallest absolute Gasteiger partial charge is 0.170 e. The van der Waals surface area contributed by atoms with Crippen molar-refractivity contribution in [2.45, 2.75) is 33.2 Å². The Balaban J connectivity index is 3.13. The van der Waals surface area contributed by atoms with Crippen molar-refractivity contribution < 1.29 is 4.79 Å². The van der Waals surface area contributed by atoms with Crippen LogP contribution in [0.3, 0.4) is 0 Å². The van der Waals surface area contributed by atoms with Gasteiger partial charge in [0, 0.05) is 6.04 Å². The van der Waals surface area contributed by atoms with Crippen LogP contribution in [0.25, 0.3) is 0 Å². The van der Waals surface area contributed by atoms with Gasteiger partial charge < -0.3 is 0 Å². The van der Waals surface area contributed by atoms with E-state index in [1.54, 1.807) is 4.68 Å². The predicted molar refractivity (Wildman–Crippen MR) is 45.2 cm³/mol. The van der Waals surface area contributed by atoms with Gasteiger partial charge in [-0.3, -0.25) is 4.79 Å². The zero-order valence-corrected chi connectivity index (χ0v) is 7.61. The van der Waals surface area contributed by atoms with Crippen LogP contribution in [0.5, 0.6) is 0 Å². The Morgan fingerprint density at radius 2 is 2.25 bits per heavy atom. The summed E-state index contributed by atoms with van der Waals surface area (Å²) in [6.07, 6.45) is 1.57. The van der Waals surface area contributed by atoms with Crippen molar-refractivity contribution >= 4 is 6.29 Å². The predicted octanol–water partition coefficient (Wildman–Crippen LogP) is 1.23. The van der Waals surface area contributed by atoms with Crippen molar-refractivity contribution in [3.63, 3.8) is 0 Å². The summed E-state index contributed by atoms with van der Waals surface area (Å²) in [6, 6.07) is 0.193. The van der Waals surface area contributed by atoms with E-state index in [-0.39, 0.29) is 6.04 Å². The van der Waals surface area contributed by atoms with Gasteiger partial charge in [-0.2, -0.15) is 0 Å². The van der Waals surface area contributed by atoms with Gasteiger partial charge in [-0.25, -0.2) is 4.68 Å². The van der Waals surface area contributed by atoms with E-state index in [1.807, 2.05) is 20.8 Å². The van der Waals surface area contributed by atoms with Crippen LogP contribution in [0.1, 0.15) is 43.0 Å². The molecule has 0 unspecified atom stereocenters. The Bertz CT molecular complexity index is 278. The molecule has 0 bridgehead atoms. The number of carbonyl (C=O) groups is 1. The quantitative estimate of drug-likeness (QED) is 0.636. The highest BCUT2D eigenvalue weighted by molar-refractivity contribution is 5.73. The van der Waals surface area contributed by atoms with Crippen molar-refractivity contribution in [1.29, 1.82) is 0 Å². The number of rotatable bonds is 3. The molecule has 0 radical (unpaired) electrons. The highest BCUT2D eigenvalue weighted by Crippen LogP contribution is 2.09. The molecule has 1 aromatic rings. The molecule has 0 saturated carbocycles. The molecule has 1 heterocycles. The molecule has 12 heavy (non-hydrogen) atoms. The van der Waals surface area contributed by atoms with Gasteiger partial charge in [0.1, 0.15) is 5.69 Å². The van der Waals surface area contributed by atoms with Gasteiger partial charge in [0.2, 0.25) is 0 Å². The SMILES string of the molecule is CCc1nnn(C(C)C)c1C=O. The van der Waals surface area contributed by atoms with Crippen LogP contribution < -0.4 is 0 Å². The lowest BCUT2D eigenvalue weighted by Crippen LogP contribution is -2.07. The summed E-state index contributed by atoms with van der Waals surface area (Å²) in [7, 11) is 0. The van der Waals surface area contributed by atoms with Crippen LogP contribution in [-0.4, -0.2) is 21.3 Å². The number of carbonyl (C=O) groups excluding carboxylic acids is 1. The summed E-state index contributed by atoms with van der Waals surface area (Å²) in [4.78, 5) is 10.7. The fourth-order valence-corrected chi connectivity index (χ4v) is 1.09. The van der Waals surface area contributed by atoms with Gasteiger partial charge in [-0.15, -0.1) is 5.10 Å². The van der Waals surface area contributed by atoms with Crippen molar-refractivity contribution in [2.24, 2.45) is 0 Å². The second-order valence-electron chi connectivity index (χ2n) is 2.93. The van der Waals surface area contributed by atoms with E-state index in [1.165, 1.54) is 0 Å². The standard InChI is InChI=1S/C8H13N3O/c1-4-7-8(5-12)11(6(2)3)10-9-7/h5-6H,4H2,1-3H3. The number of aromatic nitrogens is 3. The zero-order valence-electron chi connectivity index (χ0n) is 7.61. The molecular formula is C8H13N3O. The molecular weight excluding hydrogens is 154 g/mol. The third-order valence-electron chi connectivity index (χ3n) is 1.74. The van der Waals surface area contributed by atoms with Gasteiger partial charge in [0.05, 0.1) is 5.69 Å². The maximum atomic E-state index is 10.7. The average molecular weight is 167 g/mol. The molecule has 0 aromatic carbocycles. The molecule has 4 heteroatoms. The van der Waals surface area contributed by atoms with Gasteiger partial charge in [-0.05, 0) is 20.3 Å². The van der Waals surface area contributed by atoms with Crippen LogP contribution in [0.4, 0.5) is 0 Å². The molecule has 0 aliphatic rings. The van der Waals surface area contributed by atoms with Crippen molar-refractivity contribution in [3.8, 4) is 0 Å². The fraction of sp³-hybridized carbons (Fsp3) is 0.625. The molecule has 0 spiro atoms. The summed E-state index contributed by atoms with van der Waals surface area (Å²) in [6.45, 7) is 5.91. The minimum Gasteiger partial charge on any atom is -0.296 e. The van der Waals surface area contributed by atoms with Crippen molar-refractivity contribution in [1.82, 2.24) is 15.0 Å². The highest BCUT2D eigenvalue weighted by Gasteiger charge is 2.11. The lowest BCUT2D eigenvalue weighted by molar-refractivity contribution is 0.111. The third-order valence-corrected chi connectivity index (χ3v) is 1.74. The summed E-state index contributed by atoms with van der Waals surface area (Å²) < 4.78 is 1.64. The van der Waals surface area contributed by atoms with Gasteiger partial charge in [-0.1, -0.05) is 12.1 Å². The molecule has 0 N–H and O–H groups in total. The second kappa shape index (κ2) is 3.47. The van der Waals surface area contributed by atoms with E-state index in [0.29, 0.717) is 5.69 Å². The Hall–Kier alpha value is -1.19. The number of nitrogens with zero attached hydrogens (tertiary/aromatic N) is 3. The molecule has 0 fully saturated rings. The summed E-state index contributed by atoms with van der Waals surface area (Å²) in [5, 5.41) is 7.80.